The van der Waals surface area contributed by atoms with Crippen LogP contribution in [0.4, 0.5) is 0 Å². The monoisotopic (exact) mass is 847 g/mol. The van der Waals surface area contributed by atoms with E-state index in [-0.39, 0.29) is 0 Å². The van der Waals surface area contributed by atoms with Gasteiger partial charge in [-0.2, -0.15) is 0 Å². The second kappa shape index (κ2) is 27.2. The van der Waals surface area contributed by atoms with Gasteiger partial charge in [0.15, 0.2) is 0 Å². The molecule has 0 spiro atoms. The van der Waals surface area contributed by atoms with Crippen LogP contribution in [-0.4, -0.2) is 0 Å². The fraction of sp³-hybridized carbons (Fsp3) is 0.375. The molecule has 0 aromatic heterocycles. The zero-order valence-corrected chi connectivity index (χ0v) is 40.2. The van der Waals surface area contributed by atoms with Gasteiger partial charge in [0.05, 0.1) is 0 Å². The van der Waals surface area contributed by atoms with E-state index in [2.05, 4.69) is 185 Å². The number of hydrogen-bond donors (Lipinski definition) is 0. The molecule has 64 heavy (non-hydrogen) atoms. The predicted molar refractivity (Wildman–Crippen MR) is 285 cm³/mol. The number of unbranched alkanes of at least 4 members (excludes halogenated alkanes) is 12. The molecule has 0 atom stereocenters. The van der Waals surface area contributed by atoms with Crippen molar-refractivity contribution in [1.29, 1.82) is 0 Å². The molecule has 0 bridgehead atoms. The summed E-state index contributed by atoms with van der Waals surface area (Å²) < 4.78 is 0. The molecular formula is C64H78. The standard InChI is InChI=1S/C64H78/c1-5-9-13-17-21-55-45-56(22-18-14-10-6-2)48-63(47-55)61-41-33-53(34-42-61)27-25-51-29-37-59(38-30-51)60-39-31-52(32-40-60)26-28-54-35-43-62(44-36-54)64-49-57(23-19-15-11-7-3)46-58(50-64)24-20-16-12-8-4/h25-50H,5-24H2,1-4H3. The average Bonchev–Trinajstić information content (AvgIpc) is 3.34. The van der Waals surface area contributed by atoms with Crippen LogP contribution < -0.4 is 0 Å². The topological polar surface area (TPSA) is 0 Å². The second-order valence-corrected chi connectivity index (χ2v) is 18.5. The van der Waals surface area contributed by atoms with Gasteiger partial charge < -0.3 is 0 Å². The molecule has 0 heteroatoms. The summed E-state index contributed by atoms with van der Waals surface area (Å²) in [5, 5.41) is 0. The predicted octanol–water partition coefficient (Wildman–Crippen LogP) is 19.5. The van der Waals surface area contributed by atoms with Gasteiger partial charge in [-0.3, -0.25) is 0 Å². The van der Waals surface area contributed by atoms with Gasteiger partial charge >= 0.3 is 0 Å². The highest BCUT2D eigenvalue weighted by Gasteiger charge is 2.08. The molecule has 0 saturated heterocycles. The van der Waals surface area contributed by atoms with Crippen molar-refractivity contribution in [1.82, 2.24) is 0 Å². The summed E-state index contributed by atoms with van der Waals surface area (Å²) in [7, 11) is 0. The quantitative estimate of drug-likeness (QED) is 0.0358. The van der Waals surface area contributed by atoms with Gasteiger partial charge in [0.25, 0.3) is 0 Å². The first-order valence-corrected chi connectivity index (χ1v) is 25.6. The Morgan fingerprint density at radius 2 is 0.453 bits per heavy atom. The minimum absolute atomic E-state index is 1.18. The first-order valence-electron chi connectivity index (χ1n) is 25.6. The molecule has 0 nitrogen and oxygen atoms in total. The largest absolute Gasteiger partial charge is 0.0654 e. The maximum absolute atomic E-state index is 2.48. The lowest BCUT2D eigenvalue weighted by Crippen LogP contribution is -1.93. The minimum atomic E-state index is 1.18. The summed E-state index contributed by atoms with van der Waals surface area (Å²) >= 11 is 0. The molecule has 0 amide bonds. The summed E-state index contributed by atoms with van der Waals surface area (Å²) in [5.41, 5.74) is 18.7. The van der Waals surface area contributed by atoms with Gasteiger partial charge in [-0.25, -0.2) is 0 Å². The summed E-state index contributed by atoms with van der Waals surface area (Å²) in [6.45, 7) is 9.18. The third-order valence-corrected chi connectivity index (χ3v) is 13.0. The summed E-state index contributed by atoms with van der Waals surface area (Å²) in [4.78, 5) is 0. The molecule has 6 aromatic rings. The number of rotatable bonds is 27. The Bertz CT molecular complexity index is 2050. The Hall–Kier alpha value is -5.20. The lowest BCUT2D eigenvalue weighted by atomic mass is 9.94. The van der Waals surface area contributed by atoms with Crippen molar-refractivity contribution in [2.24, 2.45) is 0 Å². The number of benzene rings is 6. The van der Waals surface area contributed by atoms with Crippen LogP contribution in [0.25, 0.3) is 57.7 Å². The zero-order valence-electron chi connectivity index (χ0n) is 40.2. The van der Waals surface area contributed by atoms with Crippen molar-refractivity contribution in [3.05, 3.63) is 178 Å². The lowest BCUT2D eigenvalue weighted by Gasteiger charge is -2.11. The van der Waals surface area contributed by atoms with Crippen molar-refractivity contribution < 1.29 is 0 Å². The highest BCUT2D eigenvalue weighted by Crippen LogP contribution is 2.29. The molecule has 6 rings (SSSR count). The van der Waals surface area contributed by atoms with Crippen LogP contribution in [0, 0.1) is 0 Å². The molecule has 6 aromatic carbocycles. The Labute approximate surface area is 390 Å². The molecule has 0 aliphatic heterocycles. The molecule has 0 heterocycles. The van der Waals surface area contributed by atoms with E-state index in [1.807, 2.05) is 0 Å². The summed E-state index contributed by atoms with van der Waals surface area (Å²) in [5.74, 6) is 0. The fourth-order valence-corrected chi connectivity index (χ4v) is 8.99. The Morgan fingerprint density at radius 1 is 0.234 bits per heavy atom. The van der Waals surface area contributed by atoms with E-state index in [0.29, 0.717) is 0 Å². The van der Waals surface area contributed by atoms with Gasteiger partial charge in [-0.05, 0) is 129 Å². The summed E-state index contributed by atoms with van der Waals surface area (Å²) in [6.07, 6.45) is 34.6. The van der Waals surface area contributed by atoms with E-state index in [0.717, 1.165) is 0 Å². The molecule has 0 radical (unpaired) electrons. The van der Waals surface area contributed by atoms with Crippen LogP contribution in [-0.2, 0) is 25.7 Å². The van der Waals surface area contributed by atoms with Gasteiger partial charge in [0, 0.05) is 0 Å². The zero-order chi connectivity index (χ0) is 44.6. The third kappa shape index (κ3) is 16.1. The van der Waals surface area contributed by atoms with Crippen molar-refractivity contribution >= 4 is 24.3 Å². The molecule has 0 aliphatic rings. The normalized spacial score (nSPS) is 11.6. The first kappa shape index (κ1) is 48.3. The number of hydrogen-bond acceptors (Lipinski definition) is 0. The van der Waals surface area contributed by atoms with Crippen LogP contribution in [0.15, 0.2) is 133 Å². The van der Waals surface area contributed by atoms with E-state index in [9.17, 15) is 0 Å². The van der Waals surface area contributed by atoms with Crippen LogP contribution in [0.2, 0.25) is 0 Å². The molecule has 0 saturated carbocycles. The van der Waals surface area contributed by atoms with Crippen LogP contribution in [0.5, 0.6) is 0 Å². The van der Waals surface area contributed by atoms with E-state index >= 15 is 0 Å². The van der Waals surface area contributed by atoms with Gasteiger partial charge in [-0.15, -0.1) is 0 Å². The second-order valence-electron chi connectivity index (χ2n) is 18.5. The maximum atomic E-state index is 2.48. The van der Waals surface area contributed by atoms with Gasteiger partial charge in [-0.1, -0.05) is 263 Å². The first-order chi connectivity index (χ1) is 31.5. The SMILES string of the molecule is CCCCCCc1cc(CCCCCC)cc(-c2ccc(C=Cc3ccc(-c4ccc(C=Cc5ccc(-c6cc(CCCCCC)cc(CCCCCC)c6)cc5)cc4)cc3)cc2)c1. The van der Waals surface area contributed by atoms with E-state index in [1.165, 1.54) is 206 Å². The Morgan fingerprint density at radius 3 is 0.672 bits per heavy atom. The lowest BCUT2D eigenvalue weighted by molar-refractivity contribution is 0.661. The Kier molecular flexibility index (Phi) is 20.5. The molecule has 0 unspecified atom stereocenters. The van der Waals surface area contributed by atoms with E-state index in [1.54, 1.807) is 0 Å². The molecule has 0 N–H and O–H groups in total. The van der Waals surface area contributed by atoms with Gasteiger partial charge in [0.1, 0.15) is 0 Å². The van der Waals surface area contributed by atoms with Crippen molar-refractivity contribution in [2.75, 3.05) is 0 Å². The highest BCUT2D eigenvalue weighted by atomic mass is 14.1. The van der Waals surface area contributed by atoms with Crippen molar-refractivity contribution in [3.63, 3.8) is 0 Å². The van der Waals surface area contributed by atoms with Crippen LogP contribution in [0.3, 0.4) is 0 Å². The van der Waals surface area contributed by atoms with Crippen molar-refractivity contribution in [2.45, 2.75) is 156 Å². The fourth-order valence-electron chi connectivity index (χ4n) is 8.99. The summed E-state index contributed by atoms with van der Waals surface area (Å²) in [6, 6.07) is 50.9. The number of aryl methyl sites for hydroxylation is 4. The van der Waals surface area contributed by atoms with Gasteiger partial charge in [0.2, 0.25) is 0 Å². The third-order valence-electron chi connectivity index (χ3n) is 13.0. The minimum Gasteiger partial charge on any atom is -0.0654 e. The van der Waals surface area contributed by atoms with Crippen molar-refractivity contribution in [3.8, 4) is 33.4 Å². The van der Waals surface area contributed by atoms with Crippen LogP contribution in [0.1, 0.15) is 175 Å². The Balaban J connectivity index is 1.04. The van der Waals surface area contributed by atoms with E-state index < -0.39 is 0 Å². The van der Waals surface area contributed by atoms with Crippen LogP contribution >= 0.6 is 0 Å². The maximum Gasteiger partial charge on any atom is -0.0179 e. The average molecular weight is 847 g/mol. The highest BCUT2D eigenvalue weighted by molar-refractivity contribution is 5.76. The molecule has 0 fully saturated rings. The molecule has 334 valence electrons. The molecular weight excluding hydrogens is 769 g/mol. The van der Waals surface area contributed by atoms with E-state index in [4.69, 9.17) is 0 Å². The smallest absolute Gasteiger partial charge is 0.0179 e. The molecule has 0 aliphatic carbocycles.